The van der Waals surface area contributed by atoms with Crippen LogP contribution in [0.2, 0.25) is 0 Å². The van der Waals surface area contributed by atoms with Gasteiger partial charge >= 0.3 is 0 Å². The molecule has 8 nitrogen and oxygen atoms in total. The van der Waals surface area contributed by atoms with Gasteiger partial charge in [-0.1, -0.05) is 25.3 Å². The number of amides is 3. The standard InChI is InChI=1S/C15H15N3O5/c16-14(21)15(7-2-1-3-8-15)17-12(19)9-5-4-6-10(18(22)23)11(9)13(17)20/h4-6H,1-3,7-8H2,(H2,16,21). The predicted octanol–water partition coefficient (Wildman–Crippen LogP) is 1.38. The highest BCUT2D eigenvalue weighted by Crippen LogP contribution is 2.41. The second-order valence-electron chi connectivity index (χ2n) is 5.86. The molecule has 0 aromatic heterocycles. The molecule has 23 heavy (non-hydrogen) atoms. The van der Waals surface area contributed by atoms with Gasteiger partial charge in [-0.05, 0) is 18.9 Å². The molecule has 0 spiro atoms. The molecule has 2 N–H and O–H groups in total. The van der Waals surface area contributed by atoms with E-state index in [2.05, 4.69) is 0 Å². The number of fused-ring (bicyclic) bond motifs is 1. The van der Waals surface area contributed by atoms with Crippen molar-refractivity contribution in [2.45, 2.75) is 37.6 Å². The molecule has 3 rings (SSSR count). The van der Waals surface area contributed by atoms with Crippen molar-refractivity contribution in [3.8, 4) is 0 Å². The summed E-state index contributed by atoms with van der Waals surface area (Å²) in [4.78, 5) is 48.8. The zero-order chi connectivity index (χ0) is 16.8. The highest BCUT2D eigenvalue weighted by Gasteiger charge is 2.54. The Morgan fingerprint density at radius 3 is 2.39 bits per heavy atom. The van der Waals surface area contributed by atoms with Crippen molar-refractivity contribution in [3.63, 3.8) is 0 Å². The molecule has 0 unspecified atom stereocenters. The number of hydrogen-bond donors (Lipinski definition) is 1. The minimum atomic E-state index is -1.39. The van der Waals surface area contributed by atoms with Gasteiger partial charge in [0.05, 0.1) is 10.5 Å². The van der Waals surface area contributed by atoms with Crippen LogP contribution in [0, 0.1) is 10.1 Å². The predicted molar refractivity (Wildman–Crippen MR) is 78.6 cm³/mol. The SMILES string of the molecule is NC(=O)C1(N2C(=O)c3cccc([N+](=O)[O-])c3C2=O)CCCCC1. The Morgan fingerprint density at radius 2 is 1.83 bits per heavy atom. The first-order valence-electron chi connectivity index (χ1n) is 7.36. The highest BCUT2D eigenvalue weighted by atomic mass is 16.6. The number of nitro benzene ring substituents is 1. The van der Waals surface area contributed by atoms with E-state index >= 15 is 0 Å². The number of nitro groups is 1. The lowest BCUT2D eigenvalue weighted by molar-refractivity contribution is -0.385. The molecule has 8 heteroatoms. The zero-order valence-electron chi connectivity index (χ0n) is 12.3. The lowest BCUT2D eigenvalue weighted by Gasteiger charge is -2.40. The number of imide groups is 1. The van der Waals surface area contributed by atoms with E-state index < -0.39 is 33.9 Å². The van der Waals surface area contributed by atoms with E-state index in [1.165, 1.54) is 18.2 Å². The third-order valence-electron chi connectivity index (χ3n) is 4.66. The normalized spacial score (nSPS) is 19.6. The van der Waals surface area contributed by atoms with Gasteiger partial charge in [0.25, 0.3) is 17.5 Å². The summed E-state index contributed by atoms with van der Waals surface area (Å²) >= 11 is 0. The van der Waals surface area contributed by atoms with Gasteiger partial charge in [0.2, 0.25) is 5.91 Å². The maximum Gasteiger partial charge on any atom is 0.282 e. The van der Waals surface area contributed by atoms with Crippen molar-refractivity contribution in [1.29, 1.82) is 0 Å². The number of hydrogen-bond acceptors (Lipinski definition) is 5. The third-order valence-corrected chi connectivity index (χ3v) is 4.66. The number of rotatable bonds is 3. The molecule has 1 fully saturated rings. The van der Waals surface area contributed by atoms with Crippen LogP contribution < -0.4 is 5.73 Å². The fourth-order valence-corrected chi connectivity index (χ4v) is 3.53. The van der Waals surface area contributed by atoms with Gasteiger partial charge in [0.1, 0.15) is 11.1 Å². The molecule has 2 aliphatic rings. The molecule has 1 saturated carbocycles. The lowest BCUT2D eigenvalue weighted by Crippen LogP contribution is -2.60. The number of primary amides is 1. The summed E-state index contributed by atoms with van der Waals surface area (Å²) in [6, 6.07) is 3.88. The first-order valence-corrected chi connectivity index (χ1v) is 7.36. The number of nitrogens with zero attached hydrogens (tertiary/aromatic N) is 2. The summed E-state index contributed by atoms with van der Waals surface area (Å²) in [6.07, 6.45) is 2.80. The molecule has 3 amide bonds. The average Bonchev–Trinajstić information content (AvgIpc) is 2.79. The van der Waals surface area contributed by atoms with Gasteiger partial charge in [-0.3, -0.25) is 29.4 Å². The summed E-state index contributed by atoms with van der Waals surface area (Å²) in [5.74, 6) is -2.23. The van der Waals surface area contributed by atoms with Crippen LogP contribution in [0.15, 0.2) is 18.2 Å². The monoisotopic (exact) mass is 317 g/mol. The molecule has 0 atom stereocenters. The van der Waals surface area contributed by atoms with Crippen molar-refractivity contribution in [2.24, 2.45) is 5.73 Å². The quantitative estimate of drug-likeness (QED) is 0.512. The highest BCUT2D eigenvalue weighted by molar-refractivity contribution is 6.25. The van der Waals surface area contributed by atoms with E-state index in [0.29, 0.717) is 25.7 Å². The molecule has 1 aromatic rings. The molecule has 1 aromatic carbocycles. The van der Waals surface area contributed by atoms with Gasteiger partial charge in [-0.2, -0.15) is 0 Å². The largest absolute Gasteiger partial charge is 0.368 e. The Kier molecular flexibility index (Phi) is 3.39. The number of carbonyl (C=O) groups excluding carboxylic acids is 3. The van der Waals surface area contributed by atoms with Crippen LogP contribution in [0.1, 0.15) is 52.8 Å². The number of benzene rings is 1. The zero-order valence-corrected chi connectivity index (χ0v) is 12.3. The van der Waals surface area contributed by atoms with Crippen molar-refractivity contribution in [2.75, 3.05) is 0 Å². The van der Waals surface area contributed by atoms with Crippen molar-refractivity contribution in [1.82, 2.24) is 4.90 Å². The second-order valence-corrected chi connectivity index (χ2v) is 5.86. The molecular weight excluding hydrogens is 302 g/mol. The Morgan fingerprint density at radius 1 is 1.17 bits per heavy atom. The van der Waals surface area contributed by atoms with E-state index in [0.717, 1.165) is 11.3 Å². The topological polar surface area (TPSA) is 124 Å². The molecular formula is C15H15N3O5. The first kappa shape index (κ1) is 15.1. The maximum absolute atomic E-state index is 12.7. The summed E-state index contributed by atoms with van der Waals surface area (Å²) < 4.78 is 0. The van der Waals surface area contributed by atoms with E-state index in [4.69, 9.17) is 5.73 Å². The van der Waals surface area contributed by atoms with E-state index in [1.807, 2.05) is 0 Å². The van der Waals surface area contributed by atoms with Crippen molar-refractivity contribution >= 4 is 23.4 Å². The van der Waals surface area contributed by atoms with Crippen LogP contribution in [0.4, 0.5) is 5.69 Å². The Labute approximate surface area is 131 Å². The maximum atomic E-state index is 12.7. The summed E-state index contributed by atoms with van der Waals surface area (Å²) in [5, 5.41) is 11.1. The van der Waals surface area contributed by atoms with Crippen LogP contribution >= 0.6 is 0 Å². The van der Waals surface area contributed by atoms with Crippen LogP contribution in [0.3, 0.4) is 0 Å². The fourth-order valence-electron chi connectivity index (χ4n) is 3.53. The second kappa shape index (κ2) is 5.15. The van der Waals surface area contributed by atoms with Gasteiger partial charge in [0.15, 0.2) is 0 Å². The smallest absolute Gasteiger partial charge is 0.282 e. The van der Waals surface area contributed by atoms with Crippen LogP contribution in [-0.4, -0.2) is 33.1 Å². The number of nitrogens with two attached hydrogens (primary N) is 1. The van der Waals surface area contributed by atoms with Gasteiger partial charge in [-0.25, -0.2) is 0 Å². The first-order chi connectivity index (χ1) is 10.9. The molecule has 1 aliphatic heterocycles. The Balaban J connectivity index is 2.15. The van der Waals surface area contributed by atoms with E-state index in [1.54, 1.807) is 0 Å². The summed E-state index contributed by atoms with van der Waals surface area (Å²) in [7, 11) is 0. The third kappa shape index (κ3) is 2.01. The van der Waals surface area contributed by atoms with Gasteiger partial charge in [0, 0.05) is 6.07 Å². The van der Waals surface area contributed by atoms with Crippen LogP contribution in [0.25, 0.3) is 0 Å². The van der Waals surface area contributed by atoms with Crippen LogP contribution in [-0.2, 0) is 4.79 Å². The van der Waals surface area contributed by atoms with Gasteiger partial charge in [-0.15, -0.1) is 0 Å². The molecule has 120 valence electrons. The minimum Gasteiger partial charge on any atom is -0.368 e. The minimum absolute atomic E-state index is 0.0459. The Hall–Kier alpha value is -2.77. The Bertz CT molecular complexity index is 737. The lowest BCUT2D eigenvalue weighted by atomic mass is 9.79. The van der Waals surface area contributed by atoms with Gasteiger partial charge < -0.3 is 5.73 Å². The molecule has 1 aliphatic carbocycles. The summed E-state index contributed by atoms with van der Waals surface area (Å²) in [5.41, 5.74) is 3.40. The summed E-state index contributed by atoms with van der Waals surface area (Å²) in [6.45, 7) is 0. The molecule has 0 saturated heterocycles. The average molecular weight is 317 g/mol. The van der Waals surface area contributed by atoms with E-state index in [-0.39, 0.29) is 11.1 Å². The van der Waals surface area contributed by atoms with Crippen LogP contribution in [0.5, 0.6) is 0 Å². The molecule has 1 heterocycles. The van der Waals surface area contributed by atoms with E-state index in [9.17, 15) is 24.5 Å². The fraction of sp³-hybridized carbons (Fsp3) is 0.400. The number of carbonyl (C=O) groups is 3. The molecule has 0 bridgehead atoms. The van der Waals surface area contributed by atoms with Crippen molar-refractivity contribution < 1.29 is 19.3 Å². The van der Waals surface area contributed by atoms with Crippen molar-refractivity contribution in [3.05, 3.63) is 39.4 Å². The molecule has 0 radical (unpaired) electrons.